The van der Waals surface area contributed by atoms with Crippen molar-refractivity contribution in [3.05, 3.63) is 89.5 Å². The SMILES string of the molecule is C=C(O)c1cc(C(=O)O)ccc1C(=O)Nc1cc(-c2ccc(F)c(F)c2)ccc1O. The van der Waals surface area contributed by atoms with E-state index in [1.165, 1.54) is 36.4 Å². The third-order valence-corrected chi connectivity index (χ3v) is 4.32. The number of carbonyl (C=O) groups is 2. The predicted octanol–water partition coefficient (Wildman–Crippen LogP) is 4.82. The van der Waals surface area contributed by atoms with Gasteiger partial charge in [0.1, 0.15) is 11.5 Å². The van der Waals surface area contributed by atoms with Gasteiger partial charge in [-0.05, 0) is 53.6 Å². The van der Waals surface area contributed by atoms with E-state index in [4.69, 9.17) is 5.11 Å². The number of benzene rings is 3. The molecule has 3 aromatic rings. The average molecular weight is 411 g/mol. The number of phenols is 1. The standard InChI is InChI=1S/C22H15F2NO5/c1-11(26)16-8-14(22(29)30)2-5-15(16)21(28)25-19-10-13(4-7-20(19)27)12-3-6-17(23)18(24)9-12/h2-10,26-27H,1H2,(H,25,28)(H,29,30). The van der Waals surface area contributed by atoms with Crippen molar-refractivity contribution in [1.29, 1.82) is 0 Å². The molecule has 0 bridgehead atoms. The summed E-state index contributed by atoms with van der Waals surface area (Å²) in [6, 6.07) is 10.8. The fourth-order valence-corrected chi connectivity index (χ4v) is 2.80. The molecule has 3 rings (SSSR count). The highest BCUT2D eigenvalue weighted by atomic mass is 19.2. The van der Waals surface area contributed by atoms with Gasteiger partial charge in [-0.1, -0.05) is 18.7 Å². The molecule has 6 nitrogen and oxygen atoms in total. The van der Waals surface area contributed by atoms with Gasteiger partial charge in [0.25, 0.3) is 5.91 Å². The quantitative estimate of drug-likeness (QED) is 0.356. The van der Waals surface area contributed by atoms with E-state index in [-0.39, 0.29) is 28.1 Å². The maximum Gasteiger partial charge on any atom is 0.335 e. The summed E-state index contributed by atoms with van der Waals surface area (Å²) in [4.78, 5) is 23.8. The fourth-order valence-electron chi connectivity index (χ4n) is 2.80. The number of hydrogen-bond donors (Lipinski definition) is 4. The van der Waals surface area contributed by atoms with Gasteiger partial charge in [-0.25, -0.2) is 13.6 Å². The van der Waals surface area contributed by atoms with Gasteiger partial charge < -0.3 is 20.6 Å². The van der Waals surface area contributed by atoms with Crippen LogP contribution < -0.4 is 5.32 Å². The molecule has 0 fully saturated rings. The van der Waals surface area contributed by atoms with Crippen LogP contribution in [0.3, 0.4) is 0 Å². The maximum absolute atomic E-state index is 13.5. The van der Waals surface area contributed by atoms with Crippen LogP contribution >= 0.6 is 0 Å². The van der Waals surface area contributed by atoms with Crippen molar-refractivity contribution in [1.82, 2.24) is 0 Å². The number of carbonyl (C=O) groups excluding carboxylic acids is 1. The Hall–Kier alpha value is -4.20. The molecule has 4 N–H and O–H groups in total. The van der Waals surface area contributed by atoms with E-state index in [9.17, 15) is 28.6 Å². The summed E-state index contributed by atoms with van der Waals surface area (Å²) in [6.07, 6.45) is 0. The molecule has 30 heavy (non-hydrogen) atoms. The summed E-state index contributed by atoms with van der Waals surface area (Å²) in [5, 5.41) is 31.3. The van der Waals surface area contributed by atoms with Crippen molar-refractivity contribution in [2.45, 2.75) is 0 Å². The number of aromatic hydroxyl groups is 1. The Bertz CT molecular complexity index is 1190. The van der Waals surface area contributed by atoms with E-state index in [0.29, 0.717) is 11.1 Å². The first-order valence-corrected chi connectivity index (χ1v) is 8.52. The molecule has 0 aliphatic heterocycles. The monoisotopic (exact) mass is 411 g/mol. The number of nitrogens with one attached hydrogen (secondary N) is 1. The second kappa shape index (κ2) is 8.04. The Kier molecular flexibility index (Phi) is 5.50. The summed E-state index contributed by atoms with van der Waals surface area (Å²) in [5.41, 5.74) is 0.363. The van der Waals surface area contributed by atoms with Crippen molar-refractivity contribution in [3.63, 3.8) is 0 Å². The zero-order valence-corrected chi connectivity index (χ0v) is 15.3. The van der Waals surface area contributed by atoms with Crippen LogP contribution in [0, 0.1) is 11.6 Å². The molecule has 152 valence electrons. The summed E-state index contributed by atoms with van der Waals surface area (Å²) in [6.45, 7) is 3.33. The highest BCUT2D eigenvalue weighted by molar-refractivity contribution is 6.08. The van der Waals surface area contributed by atoms with Crippen LogP contribution in [0.4, 0.5) is 14.5 Å². The number of phenolic OH excluding ortho intramolecular Hbond substituents is 1. The normalized spacial score (nSPS) is 10.5. The molecule has 0 radical (unpaired) electrons. The van der Waals surface area contributed by atoms with Gasteiger partial charge in [-0.3, -0.25) is 4.79 Å². The van der Waals surface area contributed by atoms with E-state index in [0.717, 1.165) is 18.2 Å². The number of aliphatic hydroxyl groups excluding tert-OH is 1. The van der Waals surface area contributed by atoms with E-state index in [2.05, 4.69) is 11.9 Å². The number of anilines is 1. The number of halogens is 2. The van der Waals surface area contributed by atoms with Gasteiger partial charge in [0, 0.05) is 5.56 Å². The van der Waals surface area contributed by atoms with Crippen LogP contribution in [0.25, 0.3) is 16.9 Å². The highest BCUT2D eigenvalue weighted by Crippen LogP contribution is 2.31. The molecule has 0 atom stereocenters. The molecule has 8 heteroatoms. The van der Waals surface area contributed by atoms with E-state index < -0.39 is 29.3 Å². The van der Waals surface area contributed by atoms with E-state index in [1.807, 2.05) is 0 Å². The number of hydrogen-bond acceptors (Lipinski definition) is 4. The van der Waals surface area contributed by atoms with Gasteiger partial charge in [-0.2, -0.15) is 0 Å². The fraction of sp³-hybridized carbons (Fsp3) is 0. The number of rotatable bonds is 5. The smallest absolute Gasteiger partial charge is 0.335 e. The lowest BCUT2D eigenvalue weighted by molar-refractivity contribution is 0.0696. The Morgan fingerprint density at radius 1 is 0.833 bits per heavy atom. The van der Waals surface area contributed by atoms with Crippen molar-refractivity contribution in [2.75, 3.05) is 5.32 Å². The Balaban J connectivity index is 1.96. The molecule has 0 saturated heterocycles. The second-order valence-corrected chi connectivity index (χ2v) is 6.33. The van der Waals surface area contributed by atoms with Gasteiger partial charge in [-0.15, -0.1) is 0 Å². The van der Waals surface area contributed by atoms with Crippen LogP contribution in [0.2, 0.25) is 0 Å². The van der Waals surface area contributed by atoms with Crippen molar-refractivity contribution >= 4 is 23.3 Å². The minimum Gasteiger partial charge on any atom is -0.508 e. The van der Waals surface area contributed by atoms with Crippen LogP contribution in [-0.2, 0) is 0 Å². The minimum atomic E-state index is -1.25. The molecule has 3 aromatic carbocycles. The molecule has 0 aromatic heterocycles. The average Bonchev–Trinajstić information content (AvgIpc) is 2.71. The summed E-state index contributed by atoms with van der Waals surface area (Å²) in [5.74, 6) is -4.86. The summed E-state index contributed by atoms with van der Waals surface area (Å²) >= 11 is 0. The summed E-state index contributed by atoms with van der Waals surface area (Å²) in [7, 11) is 0. The van der Waals surface area contributed by atoms with Crippen molar-refractivity contribution in [3.8, 4) is 16.9 Å². The second-order valence-electron chi connectivity index (χ2n) is 6.33. The van der Waals surface area contributed by atoms with Gasteiger partial charge in [0.05, 0.1) is 16.8 Å². The van der Waals surface area contributed by atoms with Crippen LogP contribution in [0.5, 0.6) is 5.75 Å². The number of carboxylic acid groups (broad SMARTS) is 1. The third-order valence-electron chi connectivity index (χ3n) is 4.32. The molecule has 1 amide bonds. The zero-order chi connectivity index (χ0) is 22.0. The van der Waals surface area contributed by atoms with Gasteiger partial charge >= 0.3 is 5.97 Å². The number of aromatic carboxylic acids is 1. The van der Waals surface area contributed by atoms with Crippen molar-refractivity contribution in [2.24, 2.45) is 0 Å². The van der Waals surface area contributed by atoms with Crippen molar-refractivity contribution < 1.29 is 33.7 Å². The Morgan fingerprint density at radius 2 is 1.50 bits per heavy atom. The van der Waals surface area contributed by atoms with Gasteiger partial charge in [0.2, 0.25) is 0 Å². The number of amides is 1. The summed E-state index contributed by atoms with van der Waals surface area (Å²) < 4.78 is 26.7. The molecule has 0 saturated carbocycles. The first-order valence-electron chi connectivity index (χ1n) is 8.52. The molecular weight excluding hydrogens is 396 g/mol. The molecule has 0 spiro atoms. The van der Waals surface area contributed by atoms with E-state index >= 15 is 0 Å². The molecule has 0 aliphatic carbocycles. The largest absolute Gasteiger partial charge is 0.508 e. The highest BCUT2D eigenvalue weighted by Gasteiger charge is 2.18. The lowest BCUT2D eigenvalue weighted by Gasteiger charge is -2.13. The maximum atomic E-state index is 13.5. The minimum absolute atomic E-state index is 0.0287. The topological polar surface area (TPSA) is 107 Å². The lowest BCUT2D eigenvalue weighted by atomic mass is 10.0. The molecule has 0 aliphatic rings. The molecule has 0 heterocycles. The van der Waals surface area contributed by atoms with E-state index in [1.54, 1.807) is 0 Å². The first-order chi connectivity index (χ1) is 14.2. The van der Waals surface area contributed by atoms with Crippen LogP contribution in [0.15, 0.2) is 61.2 Å². The van der Waals surface area contributed by atoms with Gasteiger partial charge in [0.15, 0.2) is 11.6 Å². The molecule has 0 unspecified atom stereocenters. The third kappa shape index (κ3) is 4.12. The Labute approximate surface area is 169 Å². The number of aliphatic hydroxyl groups is 1. The molecular formula is C22H15F2NO5. The zero-order valence-electron chi connectivity index (χ0n) is 15.3. The predicted molar refractivity (Wildman–Crippen MR) is 106 cm³/mol. The lowest BCUT2D eigenvalue weighted by Crippen LogP contribution is -2.15. The van der Waals surface area contributed by atoms with Crippen LogP contribution in [-0.4, -0.2) is 27.2 Å². The number of carboxylic acids is 1. The Morgan fingerprint density at radius 3 is 2.13 bits per heavy atom. The van der Waals surface area contributed by atoms with Crippen LogP contribution in [0.1, 0.15) is 26.3 Å². The first kappa shape index (κ1) is 20.5.